The van der Waals surface area contributed by atoms with Crippen molar-refractivity contribution in [2.75, 3.05) is 59.8 Å². The number of likely N-dealkylation sites (N-methyl/N-ethyl adjacent to an activating group) is 1. The normalized spacial score (nSPS) is 12.2. The number of amidine groups is 1. The second kappa shape index (κ2) is 15.5. The van der Waals surface area contributed by atoms with Crippen LogP contribution in [-0.2, 0) is 14.2 Å². The number of oxime groups is 1. The Morgan fingerprint density at radius 3 is 2.14 bits per heavy atom. The Morgan fingerprint density at radius 2 is 1.57 bits per heavy atom. The summed E-state index contributed by atoms with van der Waals surface area (Å²) in [6.07, 6.45) is 2.81. The van der Waals surface area contributed by atoms with E-state index in [4.69, 9.17) is 25.2 Å². The molecular weight excluding hydrogens is 274 g/mol. The third kappa shape index (κ3) is 15.3. The fraction of sp³-hybridized carbons (Fsp3) is 0.929. The summed E-state index contributed by atoms with van der Waals surface area (Å²) in [5, 5.41) is 11.4. The number of nitrogens with zero attached hydrogens (tertiary/aromatic N) is 2. The van der Waals surface area contributed by atoms with Crippen molar-refractivity contribution >= 4 is 5.84 Å². The van der Waals surface area contributed by atoms with Gasteiger partial charge in [0, 0.05) is 26.1 Å². The molecule has 0 spiro atoms. The summed E-state index contributed by atoms with van der Waals surface area (Å²) in [7, 11) is 1.97. The Hall–Kier alpha value is -0.890. The molecule has 0 aliphatic heterocycles. The number of rotatable bonds is 15. The molecule has 0 heterocycles. The summed E-state index contributed by atoms with van der Waals surface area (Å²) < 4.78 is 16.2. The van der Waals surface area contributed by atoms with Crippen LogP contribution in [0.4, 0.5) is 0 Å². The van der Waals surface area contributed by atoms with Crippen LogP contribution in [0, 0.1) is 0 Å². The van der Waals surface area contributed by atoms with Gasteiger partial charge in [-0.25, -0.2) is 0 Å². The molecule has 7 nitrogen and oxygen atoms in total. The highest BCUT2D eigenvalue weighted by atomic mass is 16.5. The molecule has 126 valence electrons. The van der Waals surface area contributed by atoms with Gasteiger partial charge in [0.15, 0.2) is 0 Å². The molecule has 0 bridgehead atoms. The minimum Gasteiger partial charge on any atom is -0.409 e. The lowest BCUT2D eigenvalue weighted by atomic mass is 10.4. The molecular formula is C14H31N3O4. The predicted molar refractivity (Wildman–Crippen MR) is 82.9 cm³/mol. The van der Waals surface area contributed by atoms with Crippen molar-refractivity contribution < 1.29 is 19.4 Å². The average Bonchev–Trinajstić information content (AvgIpc) is 2.50. The third-order valence-corrected chi connectivity index (χ3v) is 2.88. The highest BCUT2D eigenvalue weighted by molar-refractivity contribution is 5.79. The van der Waals surface area contributed by atoms with E-state index in [2.05, 4.69) is 17.0 Å². The van der Waals surface area contributed by atoms with E-state index >= 15 is 0 Å². The Balaban J connectivity index is 3.17. The molecule has 0 aromatic rings. The first kappa shape index (κ1) is 20.1. The van der Waals surface area contributed by atoms with Crippen LogP contribution >= 0.6 is 0 Å². The summed E-state index contributed by atoms with van der Waals surface area (Å²) in [5.74, 6) is 0.248. The van der Waals surface area contributed by atoms with E-state index in [1.54, 1.807) is 0 Å². The Labute approximate surface area is 128 Å². The molecule has 0 saturated heterocycles. The van der Waals surface area contributed by atoms with Crippen molar-refractivity contribution in [2.24, 2.45) is 10.9 Å². The molecule has 0 amide bonds. The number of ether oxygens (including phenoxy) is 3. The molecule has 0 aliphatic carbocycles. The van der Waals surface area contributed by atoms with E-state index in [0.29, 0.717) is 39.5 Å². The van der Waals surface area contributed by atoms with Crippen molar-refractivity contribution in [3.63, 3.8) is 0 Å². The van der Waals surface area contributed by atoms with Gasteiger partial charge in [0.1, 0.15) is 5.84 Å². The molecule has 0 atom stereocenters. The Morgan fingerprint density at radius 1 is 1.00 bits per heavy atom. The predicted octanol–water partition coefficient (Wildman–Crippen LogP) is 0.905. The van der Waals surface area contributed by atoms with Crippen LogP contribution in [-0.4, -0.2) is 75.7 Å². The van der Waals surface area contributed by atoms with Gasteiger partial charge < -0.3 is 30.1 Å². The zero-order chi connectivity index (χ0) is 15.8. The number of hydrogen-bond acceptors (Lipinski definition) is 6. The topological polar surface area (TPSA) is 89.5 Å². The maximum Gasteiger partial charge on any atom is 0.140 e. The summed E-state index contributed by atoms with van der Waals surface area (Å²) in [6, 6.07) is 0. The fourth-order valence-corrected chi connectivity index (χ4v) is 1.48. The van der Waals surface area contributed by atoms with Gasteiger partial charge in [0.25, 0.3) is 0 Å². The van der Waals surface area contributed by atoms with Crippen LogP contribution in [0.5, 0.6) is 0 Å². The van der Waals surface area contributed by atoms with Crippen LogP contribution in [0.1, 0.15) is 26.2 Å². The highest BCUT2D eigenvalue weighted by Crippen LogP contribution is 1.90. The SMILES string of the molecule is CCCCOCCOCCOCCN(C)CCC(N)=NO. The molecule has 7 heteroatoms. The molecule has 21 heavy (non-hydrogen) atoms. The summed E-state index contributed by atoms with van der Waals surface area (Å²) in [4.78, 5) is 2.07. The first-order valence-electron chi connectivity index (χ1n) is 7.58. The van der Waals surface area contributed by atoms with Gasteiger partial charge in [-0.1, -0.05) is 18.5 Å². The molecule has 0 aromatic carbocycles. The molecule has 0 radical (unpaired) electrons. The van der Waals surface area contributed by atoms with E-state index < -0.39 is 0 Å². The zero-order valence-corrected chi connectivity index (χ0v) is 13.4. The van der Waals surface area contributed by atoms with Crippen LogP contribution in [0.2, 0.25) is 0 Å². The largest absolute Gasteiger partial charge is 0.409 e. The van der Waals surface area contributed by atoms with Crippen molar-refractivity contribution in [1.82, 2.24) is 4.90 Å². The van der Waals surface area contributed by atoms with Crippen LogP contribution in [0.25, 0.3) is 0 Å². The molecule has 0 saturated carbocycles. The molecule has 3 N–H and O–H groups in total. The first-order chi connectivity index (χ1) is 10.2. The number of nitrogens with two attached hydrogens (primary N) is 1. The maximum atomic E-state index is 8.42. The smallest absolute Gasteiger partial charge is 0.140 e. The molecule has 0 fully saturated rings. The minimum absolute atomic E-state index is 0.248. The van der Waals surface area contributed by atoms with Gasteiger partial charge in [-0.3, -0.25) is 0 Å². The summed E-state index contributed by atoms with van der Waals surface area (Å²) in [5.41, 5.74) is 5.40. The highest BCUT2D eigenvalue weighted by Gasteiger charge is 2.00. The lowest BCUT2D eigenvalue weighted by Crippen LogP contribution is -2.28. The lowest BCUT2D eigenvalue weighted by molar-refractivity contribution is 0.0112. The Kier molecular flexibility index (Phi) is 14.8. The second-order valence-corrected chi connectivity index (χ2v) is 4.84. The van der Waals surface area contributed by atoms with Crippen molar-refractivity contribution in [1.29, 1.82) is 0 Å². The van der Waals surface area contributed by atoms with Crippen molar-refractivity contribution in [2.45, 2.75) is 26.2 Å². The van der Waals surface area contributed by atoms with Gasteiger partial charge in [-0.05, 0) is 13.5 Å². The van der Waals surface area contributed by atoms with Gasteiger partial charge in [0.05, 0.1) is 33.0 Å². The van der Waals surface area contributed by atoms with Gasteiger partial charge in [0.2, 0.25) is 0 Å². The molecule has 0 aromatic heterocycles. The van der Waals surface area contributed by atoms with E-state index in [1.165, 1.54) is 0 Å². The van der Waals surface area contributed by atoms with E-state index in [-0.39, 0.29) is 5.84 Å². The van der Waals surface area contributed by atoms with Crippen LogP contribution < -0.4 is 5.73 Å². The fourth-order valence-electron chi connectivity index (χ4n) is 1.48. The molecule has 0 rings (SSSR count). The third-order valence-electron chi connectivity index (χ3n) is 2.88. The van der Waals surface area contributed by atoms with E-state index in [0.717, 1.165) is 32.5 Å². The first-order valence-corrected chi connectivity index (χ1v) is 7.58. The van der Waals surface area contributed by atoms with E-state index in [9.17, 15) is 0 Å². The van der Waals surface area contributed by atoms with Gasteiger partial charge in [-0.2, -0.15) is 0 Å². The number of unbranched alkanes of at least 4 members (excludes halogenated alkanes) is 1. The van der Waals surface area contributed by atoms with Gasteiger partial charge >= 0.3 is 0 Å². The van der Waals surface area contributed by atoms with Crippen molar-refractivity contribution in [3.8, 4) is 0 Å². The quantitative estimate of drug-likeness (QED) is 0.154. The average molecular weight is 305 g/mol. The molecule has 0 aliphatic rings. The Bertz CT molecular complexity index is 252. The number of hydrogen-bond donors (Lipinski definition) is 2. The maximum absolute atomic E-state index is 8.42. The second-order valence-electron chi connectivity index (χ2n) is 4.84. The lowest BCUT2D eigenvalue weighted by Gasteiger charge is -2.15. The summed E-state index contributed by atoms with van der Waals surface area (Å²) in [6.45, 7) is 7.59. The van der Waals surface area contributed by atoms with Crippen LogP contribution in [0.3, 0.4) is 0 Å². The van der Waals surface area contributed by atoms with Gasteiger partial charge in [-0.15, -0.1) is 0 Å². The van der Waals surface area contributed by atoms with E-state index in [1.807, 2.05) is 7.05 Å². The zero-order valence-electron chi connectivity index (χ0n) is 13.4. The van der Waals surface area contributed by atoms with Crippen molar-refractivity contribution in [3.05, 3.63) is 0 Å². The molecule has 0 unspecified atom stereocenters. The van der Waals surface area contributed by atoms with Crippen LogP contribution in [0.15, 0.2) is 5.16 Å². The minimum atomic E-state index is 0.248. The monoisotopic (exact) mass is 305 g/mol. The summed E-state index contributed by atoms with van der Waals surface area (Å²) >= 11 is 0. The standard InChI is InChI=1S/C14H31N3O4/c1-3-4-8-19-10-12-21-13-11-20-9-7-17(2)6-5-14(15)16-18/h18H,3-13H2,1-2H3,(H2,15,16).